The van der Waals surface area contributed by atoms with Gasteiger partial charge in [0.25, 0.3) is 0 Å². The zero-order chi connectivity index (χ0) is 17.1. The van der Waals surface area contributed by atoms with E-state index in [1.54, 1.807) is 0 Å². The van der Waals surface area contributed by atoms with Crippen LogP contribution in [0.15, 0.2) is 35.7 Å². The molecular formula is C17H20N6S. The van der Waals surface area contributed by atoms with E-state index in [2.05, 4.69) is 20.3 Å². The maximum atomic E-state index is 6.27. The van der Waals surface area contributed by atoms with Crippen molar-refractivity contribution in [2.75, 3.05) is 11.1 Å². The zero-order valence-electron chi connectivity index (χ0n) is 13.7. The molecule has 124 valence electrons. The number of nitrogens with zero attached hydrogens (tertiary/aromatic N) is 3. The van der Waals surface area contributed by atoms with E-state index in [9.17, 15) is 0 Å². The van der Waals surface area contributed by atoms with E-state index in [4.69, 9.17) is 11.5 Å². The molecule has 2 heterocycles. The normalized spacial score (nSPS) is 12.1. The monoisotopic (exact) mass is 340 g/mol. The molecule has 3 aromatic rings. The van der Waals surface area contributed by atoms with E-state index in [0.29, 0.717) is 12.4 Å². The number of nitrogen functional groups attached to an aromatic ring is 1. The molecule has 3 rings (SSSR count). The van der Waals surface area contributed by atoms with Crippen molar-refractivity contribution in [3.8, 4) is 0 Å². The minimum absolute atomic E-state index is 0.166. The quantitative estimate of drug-likeness (QED) is 0.617. The molecule has 1 atom stereocenters. The Kier molecular flexibility index (Phi) is 4.73. The van der Waals surface area contributed by atoms with Crippen LogP contribution in [0.1, 0.15) is 28.7 Å². The van der Waals surface area contributed by atoms with E-state index in [-0.39, 0.29) is 6.04 Å². The van der Waals surface area contributed by atoms with E-state index >= 15 is 0 Å². The van der Waals surface area contributed by atoms with Crippen molar-refractivity contribution < 1.29 is 0 Å². The third-order valence-corrected chi connectivity index (χ3v) is 4.31. The smallest absolute Gasteiger partial charge is 0.229 e. The lowest BCUT2D eigenvalue weighted by Gasteiger charge is -2.09. The van der Waals surface area contributed by atoms with Gasteiger partial charge >= 0.3 is 0 Å². The van der Waals surface area contributed by atoms with Crippen LogP contribution in [0.4, 0.5) is 16.8 Å². The number of hydrogen-bond acceptors (Lipinski definition) is 7. The molecule has 6 nitrogen and oxygen atoms in total. The molecule has 0 saturated heterocycles. The Balaban J connectivity index is 1.69. The first-order valence-electron chi connectivity index (χ1n) is 7.64. The fourth-order valence-corrected chi connectivity index (χ4v) is 3.17. The number of anilines is 3. The van der Waals surface area contributed by atoms with Crippen molar-refractivity contribution >= 4 is 28.1 Å². The summed E-state index contributed by atoms with van der Waals surface area (Å²) in [5.74, 6) is 0.556. The van der Waals surface area contributed by atoms with Gasteiger partial charge in [0.05, 0.1) is 11.7 Å². The lowest BCUT2D eigenvalue weighted by Crippen LogP contribution is -2.14. The molecule has 0 fully saturated rings. The lowest BCUT2D eigenvalue weighted by atomic mass is 10.0. The van der Waals surface area contributed by atoms with Crippen LogP contribution in [-0.2, 0) is 6.42 Å². The molecule has 0 aliphatic rings. The zero-order valence-corrected chi connectivity index (χ0v) is 14.5. The van der Waals surface area contributed by atoms with E-state index < -0.39 is 0 Å². The van der Waals surface area contributed by atoms with Crippen molar-refractivity contribution in [3.05, 3.63) is 58.4 Å². The van der Waals surface area contributed by atoms with Crippen molar-refractivity contribution in [3.63, 3.8) is 0 Å². The number of rotatable bonds is 5. The third kappa shape index (κ3) is 4.06. The van der Waals surface area contributed by atoms with Gasteiger partial charge in [-0.1, -0.05) is 12.1 Å². The Morgan fingerprint density at radius 2 is 1.75 bits per heavy atom. The maximum absolute atomic E-state index is 6.27. The highest BCUT2D eigenvalue weighted by molar-refractivity contribution is 7.13. The van der Waals surface area contributed by atoms with Crippen LogP contribution in [0.2, 0.25) is 0 Å². The predicted octanol–water partition coefficient (Wildman–Crippen LogP) is 3.12. The van der Waals surface area contributed by atoms with Crippen molar-refractivity contribution in [2.45, 2.75) is 26.3 Å². The second-order valence-electron chi connectivity index (χ2n) is 5.73. The summed E-state index contributed by atoms with van der Waals surface area (Å²) in [5, 5.41) is 5.85. The second kappa shape index (κ2) is 6.94. The molecule has 0 spiro atoms. The van der Waals surface area contributed by atoms with Gasteiger partial charge in [-0.25, -0.2) is 15.0 Å². The van der Waals surface area contributed by atoms with Crippen LogP contribution >= 0.6 is 11.3 Å². The Labute approximate surface area is 145 Å². The van der Waals surface area contributed by atoms with E-state index in [1.807, 2.05) is 49.6 Å². The number of aryl methyl sites for hydroxylation is 2. The molecule has 2 aromatic heterocycles. The van der Waals surface area contributed by atoms with Gasteiger partial charge in [0, 0.05) is 22.5 Å². The number of nitrogens with two attached hydrogens (primary N) is 2. The van der Waals surface area contributed by atoms with Gasteiger partial charge in [0.15, 0.2) is 5.13 Å². The Morgan fingerprint density at radius 1 is 1.08 bits per heavy atom. The van der Waals surface area contributed by atoms with Gasteiger partial charge in [-0.2, -0.15) is 0 Å². The number of thiazole rings is 1. The number of aromatic nitrogens is 3. The van der Waals surface area contributed by atoms with Crippen LogP contribution in [0.5, 0.6) is 0 Å². The van der Waals surface area contributed by atoms with Crippen molar-refractivity contribution in [1.82, 2.24) is 15.0 Å². The third-order valence-electron chi connectivity index (χ3n) is 3.54. The fourth-order valence-electron chi connectivity index (χ4n) is 2.40. The first kappa shape index (κ1) is 16.4. The average molecular weight is 340 g/mol. The van der Waals surface area contributed by atoms with Crippen molar-refractivity contribution in [2.24, 2.45) is 5.73 Å². The first-order chi connectivity index (χ1) is 11.5. The van der Waals surface area contributed by atoms with E-state index in [1.165, 1.54) is 11.3 Å². The molecular weight excluding hydrogens is 320 g/mol. The summed E-state index contributed by atoms with van der Waals surface area (Å²) in [4.78, 5) is 13.3. The number of benzene rings is 1. The summed E-state index contributed by atoms with van der Waals surface area (Å²) < 4.78 is 0. The molecule has 7 heteroatoms. The molecule has 0 aliphatic heterocycles. The minimum Gasteiger partial charge on any atom is -0.399 e. The Hall–Kier alpha value is -2.51. The molecule has 0 aliphatic carbocycles. The van der Waals surface area contributed by atoms with Crippen LogP contribution < -0.4 is 16.8 Å². The highest BCUT2D eigenvalue weighted by atomic mass is 32.1. The summed E-state index contributed by atoms with van der Waals surface area (Å²) in [6.07, 6.45) is 0.712. The molecule has 5 N–H and O–H groups in total. The van der Waals surface area contributed by atoms with E-state index in [0.717, 1.165) is 33.5 Å². The standard InChI is InChI=1S/C17H20N6S/c1-10-7-11(2)21-16(20-10)23-17-22-15(9-24-17)14(19)8-12-3-5-13(18)6-4-12/h3-7,9,14H,8,18-19H2,1-2H3,(H,20,21,22,23). The Morgan fingerprint density at radius 3 is 2.42 bits per heavy atom. The summed E-state index contributed by atoms with van der Waals surface area (Å²) in [6.45, 7) is 3.88. The van der Waals surface area contributed by atoms with Gasteiger partial charge in [-0.05, 0) is 44.0 Å². The van der Waals surface area contributed by atoms with Crippen LogP contribution in [0.25, 0.3) is 0 Å². The van der Waals surface area contributed by atoms with Gasteiger partial charge in [-0.3, -0.25) is 0 Å². The molecule has 0 saturated carbocycles. The van der Waals surface area contributed by atoms with Crippen LogP contribution in [0.3, 0.4) is 0 Å². The van der Waals surface area contributed by atoms with Gasteiger partial charge < -0.3 is 16.8 Å². The second-order valence-corrected chi connectivity index (χ2v) is 6.59. The maximum Gasteiger partial charge on any atom is 0.229 e. The minimum atomic E-state index is -0.166. The van der Waals surface area contributed by atoms with Gasteiger partial charge in [-0.15, -0.1) is 11.3 Å². The largest absolute Gasteiger partial charge is 0.399 e. The molecule has 0 amide bonds. The topological polar surface area (TPSA) is 103 Å². The fraction of sp³-hybridized carbons (Fsp3) is 0.235. The highest BCUT2D eigenvalue weighted by Crippen LogP contribution is 2.24. The number of nitrogens with one attached hydrogen (secondary N) is 1. The highest BCUT2D eigenvalue weighted by Gasteiger charge is 2.12. The molecule has 1 unspecified atom stereocenters. The molecule has 0 radical (unpaired) electrons. The lowest BCUT2D eigenvalue weighted by molar-refractivity contribution is 0.702. The summed E-state index contributed by atoms with van der Waals surface area (Å²) in [7, 11) is 0. The predicted molar refractivity (Wildman–Crippen MR) is 98.4 cm³/mol. The molecule has 1 aromatic carbocycles. The summed E-state index contributed by atoms with van der Waals surface area (Å²) >= 11 is 1.50. The van der Waals surface area contributed by atoms with Gasteiger partial charge in [0.1, 0.15) is 0 Å². The van der Waals surface area contributed by atoms with Crippen molar-refractivity contribution in [1.29, 1.82) is 0 Å². The average Bonchev–Trinajstić information content (AvgIpc) is 2.97. The molecule has 24 heavy (non-hydrogen) atoms. The molecule has 0 bridgehead atoms. The first-order valence-corrected chi connectivity index (χ1v) is 8.52. The number of hydrogen-bond donors (Lipinski definition) is 3. The Bertz CT molecular complexity index is 807. The summed E-state index contributed by atoms with van der Waals surface area (Å²) in [5.41, 5.74) is 16.6. The van der Waals surface area contributed by atoms with Crippen LogP contribution in [0, 0.1) is 13.8 Å². The SMILES string of the molecule is Cc1cc(C)nc(Nc2nc(C(N)Cc3ccc(N)cc3)cs2)n1. The summed E-state index contributed by atoms with van der Waals surface area (Å²) in [6, 6.07) is 9.51. The van der Waals surface area contributed by atoms with Crippen LogP contribution in [-0.4, -0.2) is 15.0 Å². The van der Waals surface area contributed by atoms with Gasteiger partial charge in [0.2, 0.25) is 5.95 Å².